The summed E-state index contributed by atoms with van der Waals surface area (Å²) in [4.78, 5) is 2.52. The van der Waals surface area contributed by atoms with Gasteiger partial charge in [0, 0.05) is 12.1 Å². The van der Waals surface area contributed by atoms with Gasteiger partial charge < -0.3 is 11.1 Å². The summed E-state index contributed by atoms with van der Waals surface area (Å²) >= 11 is 0. The first-order chi connectivity index (χ1) is 9.64. The topological polar surface area (TPSA) is 41.3 Å². The molecule has 0 spiro atoms. The van der Waals surface area contributed by atoms with E-state index in [1.54, 1.807) is 0 Å². The van der Waals surface area contributed by atoms with Crippen molar-refractivity contribution in [3.8, 4) is 0 Å². The van der Waals surface area contributed by atoms with Crippen LogP contribution in [0.3, 0.4) is 0 Å². The third-order valence-corrected chi connectivity index (χ3v) is 4.87. The second kappa shape index (κ2) is 9.75. The van der Waals surface area contributed by atoms with Crippen molar-refractivity contribution in [1.82, 2.24) is 10.2 Å². The molecule has 0 aromatic heterocycles. The maximum atomic E-state index is 6.29. The minimum Gasteiger partial charge on any atom is -0.315 e. The number of rotatable bonds is 11. The Labute approximate surface area is 126 Å². The van der Waals surface area contributed by atoms with Gasteiger partial charge in [-0.15, -0.1) is 0 Å². The Kier molecular flexibility index (Phi) is 8.74. The molecule has 0 radical (unpaired) electrons. The highest BCUT2D eigenvalue weighted by Crippen LogP contribution is 2.30. The molecule has 3 heteroatoms. The van der Waals surface area contributed by atoms with Gasteiger partial charge in [-0.25, -0.2) is 0 Å². The van der Waals surface area contributed by atoms with Crippen LogP contribution in [0.2, 0.25) is 0 Å². The first-order valence-corrected chi connectivity index (χ1v) is 8.87. The van der Waals surface area contributed by atoms with Crippen molar-refractivity contribution < 1.29 is 0 Å². The smallest absolute Gasteiger partial charge is 0.0716 e. The molecule has 1 heterocycles. The van der Waals surface area contributed by atoms with E-state index < -0.39 is 0 Å². The zero-order valence-corrected chi connectivity index (χ0v) is 14.1. The number of nitrogens with two attached hydrogens (primary N) is 1. The molecule has 0 saturated carbocycles. The molecule has 0 aromatic carbocycles. The van der Waals surface area contributed by atoms with E-state index in [0.29, 0.717) is 5.54 Å². The Bertz CT molecular complexity index is 230. The minimum absolute atomic E-state index is 0.206. The Morgan fingerprint density at radius 1 is 1.00 bits per heavy atom. The third-order valence-electron chi connectivity index (χ3n) is 4.87. The van der Waals surface area contributed by atoms with Crippen molar-refractivity contribution in [2.75, 3.05) is 13.2 Å². The molecule has 0 aromatic rings. The van der Waals surface area contributed by atoms with Crippen LogP contribution in [0.15, 0.2) is 0 Å². The molecule has 20 heavy (non-hydrogen) atoms. The van der Waals surface area contributed by atoms with Gasteiger partial charge in [0.25, 0.3) is 0 Å². The van der Waals surface area contributed by atoms with Crippen LogP contribution in [0.4, 0.5) is 0 Å². The van der Waals surface area contributed by atoms with E-state index in [0.717, 1.165) is 13.2 Å². The lowest BCUT2D eigenvalue weighted by molar-refractivity contribution is 0.0703. The molecule has 1 rings (SSSR count). The Morgan fingerprint density at radius 3 is 1.95 bits per heavy atom. The van der Waals surface area contributed by atoms with E-state index in [4.69, 9.17) is 5.73 Å². The number of nitrogens with zero attached hydrogens (tertiary/aromatic N) is 1. The molecule has 1 unspecified atom stereocenters. The van der Waals surface area contributed by atoms with Gasteiger partial charge in [-0.3, -0.25) is 4.90 Å². The zero-order valence-electron chi connectivity index (χ0n) is 14.1. The van der Waals surface area contributed by atoms with Gasteiger partial charge in [0.1, 0.15) is 0 Å². The van der Waals surface area contributed by atoms with E-state index >= 15 is 0 Å². The van der Waals surface area contributed by atoms with Gasteiger partial charge >= 0.3 is 0 Å². The highest BCUT2D eigenvalue weighted by molar-refractivity contribution is 4.92. The van der Waals surface area contributed by atoms with Crippen molar-refractivity contribution in [2.45, 2.75) is 96.7 Å². The van der Waals surface area contributed by atoms with Gasteiger partial charge in [0.15, 0.2) is 0 Å². The maximum absolute atomic E-state index is 6.29. The van der Waals surface area contributed by atoms with Gasteiger partial charge in [0.05, 0.1) is 12.8 Å². The Balaban J connectivity index is 2.47. The van der Waals surface area contributed by atoms with E-state index in [2.05, 4.69) is 31.0 Å². The summed E-state index contributed by atoms with van der Waals surface area (Å²) in [6.45, 7) is 8.92. The van der Waals surface area contributed by atoms with E-state index in [1.807, 2.05) is 0 Å². The van der Waals surface area contributed by atoms with Gasteiger partial charge in [0.2, 0.25) is 0 Å². The standard InChI is InChI=1S/C17H37N3/c1-4-6-8-10-12-17(3,13-11-9-7-5-2)20-15-19-14-16(20)18/h16,19H,4-15,18H2,1-3H3. The fourth-order valence-corrected chi connectivity index (χ4v) is 3.43. The summed E-state index contributed by atoms with van der Waals surface area (Å²) < 4.78 is 0. The number of hydrogen-bond acceptors (Lipinski definition) is 3. The van der Waals surface area contributed by atoms with Crippen LogP contribution in [-0.4, -0.2) is 29.8 Å². The lowest BCUT2D eigenvalue weighted by atomic mass is 9.86. The predicted molar refractivity (Wildman–Crippen MR) is 88.6 cm³/mol. The SMILES string of the molecule is CCCCCCC(C)(CCCCCC)N1CNCC1N. The van der Waals surface area contributed by atoms with Crippen LogP contribution in [0, 0.1) is 0 Å². The Hall–Kier alpha value is -0.120. The van der Waals surface area contributed by atoms with Crippen LogP contribution in [0.5, 0.6) is 0 Å². The summed E-state index contributed by atoms with van der Waals surface area (Å²) in [6.07, 6.45) is 13.6. The molecule has 1 atom stereocenters. The van der Waals surface area contributed by atoms with Crippen molar-refractivity contribution in [3.63, 3.8) is 0 Å². The molecule has 1 fully saturated rings. The zero-order chi connectivity index (χ0) is 14.8. The lowest BCUT2D eigenvalue weighted by Gasteiger charge is -2.41. The van der Waals surface area contributed by atoms with E-state index in [-0.39, 0.29) is 6.17 Å². The van der Waals surface area contributed by atoms with Crippen LogP contribution in [0.1, 0.15) is 85.0 Å². The van der Waals surface area contributed by atoms with Crippen molar-refractivity contribution in [1.29, 1.82) is 0 Å². The normalized spacial score (nSPS) is 20.7. The van der Waals surface area contributed by atoms with Crippen LogP contribution >= 0.6 is 0 Å². The Morgan fingerprint density at radius 2 is 1.55 bits per heavy atom. The second-order valence-electron chi connectivity index (χ2n) is 6.77. The van der Waals surface area contributed by atoms with Crippen LogP contribution < -0.4 is 11.1 Å². The summed E-state index contributed by atoms with van der Waals surface area (Å²) in [5.41, 5.74) is 6.59. The van der Waals surface area contributed by atoms with Crippen LogP contribution in [-0.2, 0) is 0 Å². The first kappa shape index (κ1) is 17.9. The average molecular weight is 284 g/mol. The lowest BCUT2D eigenvalue weighted by Crippen LogP contribution is -2.53. The monoisotopic (exact) mass is 283 g/mol. The van der Waals surface area contributed by atoms with E-state index in [1.165, 1.54) is 64.2 Å². The fraction of sp³-hybridized carbons (Fsp3) is 1.00. The molecule has 0 aliphatic carbocycles. The highest BCUT2D eigenvalue weighted by atomic mass is 15.4. The molecule has 1 aliphatic heterocycles. The largest absolute Gasteiger partial charge is 0.315 e. The summed E-state index contributed by atoms with van der Waals surface area (Å²) in [7, 11) is 0. The van der Waals surface area contributed by atoms with E-state index in [9.17, 15) is 0 Å². The molecule has 0 amide bonds. The van der Waals surface area contributed by atoms with Crippen molar-refractivity contribution in [3.05, 3.63) is 0 Å². The number of nitrogens with one attached hydrogen (secondary N) is 1. The molecular formula is C17H37N3. The molecule has 120 valence electrons. The van der Waals surface area contributed by atoms with Crippen molar-refractivity contribution in [2.24, 2.45) is 5.73 Å². The molecule has 1 saturated heterocycles. The summed E-state index contributed by atoms with van der Waals surface area (Å²) in [6, 6.07) is 0. The quantitative estimate of drug-likeness (QED) is 0.566. The van der Waals surface area contributed by atoms with Gasteiger partial charge in [-0.2, -0.15) is 0 Å². The summed E-state index contributed by atoms with van der Waals surface area (Å²) in [5.74, 6) is 0. The maximum Gasteiger partial charge on any atom is 0.0716 e. The first-order valence-electron chi connectivity index (χ1n) is 8.87. The summed E-state index contributed by atoms with van der Waals surface area (Å²) in [5, 5.41) is 3.43. The molecule has 1 aliphatic rings. The minimum atomic E-state index is 0.206. The fourth-order valence-electron chi connectivity index (χ4n) is 3.43. The number of unbranched alkanes of at least 4 members (excludes halogenated alkanes) is 6. The average Bonchev–Trinajstić information content (AvgIpc) is 2.87. The van der Waals surface area contributed by atoms with Crippen LogP contribution in [0.25, 0.3) is 0 Å². The molecule has 3 N–H and O–H groups in total. The number of hydrogen-bond donors (Lipinski definition) is 2. The van der Waals surface area contributed by atoms with Gasteiger partial charge in [-0.1, -0.05) is 65.2 Å². The molecule has 0 bridgehead atoms. The third kappa shape index (κ3) is 5.71. The van der Waals surface area contributed by atoms with Gasteiger partial charge in [-0.05, 0) is 19.8 Å². The molecular weight excluding hydrogens is 246 g/mol. The second-order valence-corrected chi connectivity index (χ2v) is 6.77. The molecule has 3 nitrogen and oxygen atoms in total. The highest BCUT2D eigenvalue weighted by Gasteiger charge is 2.36. The predicted octanol–water partition coefficient (Wildman–Crippen LogP) is 3.83. The van der Waals surface area contributed by atoms with Crippen molar-refractivity contribution >= 4 is 0 Å².